The van der Waals surface area contributed by atoms with Gasteiger partial charge >= 0.3 is 0 Å². The number of ketones is 1. The number of aliphatic hydroxyl groups is 1. The Morgan fingerprint density at radius 1 is 1.32 bits per heavy atom. The summed E-state index contributed by atoms with van der Waals surface area (Å²) in [6.45, 7) is 2.97. The number of carbonyl (C=O) groups excluding carboxylic acids is 1. The molecule has 132 valence electrons. The Morgan fingerprint density at radius 3 is 2.76 bits per heavy atom. The summed E-state index contributed by atoms with van der Waals surface area (Å²) in [6.07, 6.45) is 3.84. The van der Waals surface area contributed by atoms with E-state index in [2.05, 4.69) is 9.88 Å². The molecule has 1 N–H and O–H groups in total. The molecule has 0 amide bonds. The number of aromatic nitrogens is 1. The molecule has 2 heterocycles. The van der Waals surface area contributed by atoms with Crippen molar-refractivity contribution in [2.24, 2.45) is 5.41 Å². The van der Waals surface area contributed by atoms with Crippen molar-refractivity contribution >= 4 is 11.6 Å². The largest absolute Gasteiger partial charge is 0.396 e. The molecule has 1 aromatic heterocycles. The van der Waals surface area contributed by atoms with Crippen LogP contribution < -0.4 is 4.90 Å². The number of benzene rings is 1. The van der Waals surface area contributed by atoms with E-state index in [0.717, 1.165) is 25.2 Å². The molecule has 1 aromatic carbocycles. The van der Waals surface area contributed by atoms with Gasteiger partial charge in [-0.2, -0.15) is 0 Å². The first-order chi connectivity index (χ1) is 12.0. The molecular weight excluding hydrogens is 319 g/mol. The van der Waals surface area contributed by atoms with Gasteiger partial charge in [-0.25, -0.2) is 9.37 Å². The van der Waals surface area contributed by atoms with E-state index in [0.29, 0.717) is 24.1 Å². The minimum absolute atomic E-state index is 0.00334. The van der Waals surface area contributed by atoms with E-state index in [1.807, 2.05) is 12.1 Å². The number of piperidine rings is 1. The van der Waals surface area contributed by atoms with Crippen LogP contribution in [-0.4, -0.2) is 35.6 Å². The van der Waals surface area contributed by atoms with Crippen molar-refractivity contribution in [3.8, 4) is 0 Å². The van der Waals surface area contributed by atoms with Gasteiger partial charge in [-0.15, -0.1) is 0 Å². The summed E-state index contributed by atoms with van der Waals surface area (Å²) in [5.74, 6) is 0.550. The van der Waals surface area contributed by atoms with Crippen molar-refractivity contribution in [3.63, 3.8) is 0 Å². The third-order valence-corrected chi connectivity index (χ3v) is 5.00. The molecule has 1 atom stereocenters. The topological polar surface area (TPSA) is 53.4 Å². The van der Waals surface area contributed by atoms with Gasteiger partial charge in [0.15, 0.2) is 5.78 Å². The van der Waals surface area contributed by atoms with Crippen molar-refractivity contribution in [1.82, 2.24) is 4.98 Å². The highest BCUT2D eigenvalue weighted by atomic mass is 19.1. The van der Waals surface area contributed by atoms with Crippen LogP contribution in [0.1, 0.15) is 35.7 Å². The second-order valence-corrected chi connectivity index (χ2v) is 6.91. The number of hydrogen-bond donors (Lipinski definition) is 1. The van der Waals surface area contributed by atoms with E-state index in [1.54, 1.807) is 24.4 Å². The summed E-state index contributed by atoms with van der Waals surface area (Å²) in [5, 5.41) is 10.1. The van der Waals surface area contributed by atoms with Crippen molar-refractivity contribution in [3.05, 3.63) is 59.5 Å². The first kappa shape index (κ1) is 17.5. The van der Waals surface area contributed by atoms with Gasteiger partial charge in [0.1, 0.15) is 11.6 Å². The Hall–Kier alpha value is -2.27. The van der Waals surface area contributed by atoms with E-state index in [1.165, 1.54) is 13.0 Å². The maximum atomic E-state index is 14.1. The lowest BCUT2D eigenvalue weighted by Gasteiger charge is -2.42. The molecule has 0 unspecified atom stereocenters. The lowest BCUT2D eigenvalue weighted by molar-refractivity contribution is 0.101. The van der Waals surface area contributed by atoms with Crippen molar-refractivity contribution in [1.29, 1.82) is 0 Å². The molecule has 0 bridgehead atoms. The number of halogens is 1. The number of anilines is 1. The van der Waals surface area contributed by atoms with Gasteiger partial charge in [0.2, 0.25) is 0 Å². The van der Waals surface area contributed by atoms with Crippen LogP contribution in [0.3, 0.4) is 0 Å². The molecule has 1 aliphatic rings. The molecule has 4 nitrogen and oxygen atoms in total. The van der Waals surface area contributed by atoms with Crippen LogP contribution in [-0.2, 0) is 6.42 Å². The summed E-state index contributed by atoms with van der Waals surface area (Å²) in [5.41, 5.74) is 0.834. The Bertz CT molecular complexity index is 748. The number of nitrogens with zero attached hydrogens (tertiary/aromatic N) is 2. The average Bonchev–Trinajstić information content (AvgIpc) is 2.64. The van der Waals surface area contributed by atoms with E-state index in [-0.39, 0.29) is 23.6 Å². The number of carbonyl (C=O) groups is 1. The number of Topliss-reactive ketones (excluding diaryl/α,β-unsaturated/α-hetero) is 1. The van der Waals surface area contributed by atoms with Crippen molar-refractivity contribution < 1.29 is 14.3 Å². The van der Waals surface area contributed by atoms with E-state index >= 15 is 0 Å². The highest BCUT2D eigenvalue weighted by Crippen LogP contribution is 2.35. The highest BCUT2D eigenvalue weighted by molar-refractivity contribution is 5.93. The third-order valence-electron chi connectivity index (χ3n) is 5.00. The summed E-state index contributed by atoms with van der Waals surface area (Å²) >= 11 is 0. The van der Waals surface area contributed by atoms with E-state index in [4.69, 9.17) is 0 Å². The van der Waals surface area contributed by atoms with Gasteiger partial charge in [0, 0.05) is 30.3 Å². The molecule has 0 aliphatic carbocycles. The van der Waals surface area contributed by atoms with Crippen LogP contribution in [0.5, 0.6) is 0 Å². The molecule has 3 rings (SSSR count). The zero-order valence-corrected chi connectivity index (χ0v) is 14.4. The maximum absolute atomic E-state index is 14.1. The van der Waals surface area contributed by atoms with Crippen molar-refractivity contribution in [2.75, 3.05) is 24.6 Å². The lowest BCUT2D eigenvalue weighted by atomic mass is 9.75. The van der Waals surface area contributed by atoms with Crippen LogP contribution in [0, 0.1) is 11.2 Å². The second-order valence-electron chi connectivity index (χ2n) is 6.91. The number of hydrogen-bond acceptors (Lipinski definition) is 4. The van der Waals surface area contributed by atoms with Gasteiger partial charge in [0.25, 0.3) is 0 Å². The van der Waals surface area contributed by atoms with Gasteiger partial charge in [-0.1, -0.05) is 18.2 Å². The van der Waals surface area contributed by atoms with Crippen LogP contribution in [0.2, 0.25) is 0 Å². The Labute approximate surface area is 147 Å². The SMILES string of the molecule is CC(=O)c1ccc(N2CCC[C@@](CO)(Cc3ccccc3F)C2)nc1. The molecule has 25 heavy (non-hydrogen) atoms. The lowest BCUT2D eigenvalue weighted by Crippen LogP contribution is -2.47. The molecule has 0 spiro atoms. The minimum Gasteiger partial charge on any atom is -0.396 e. The van der Waals surface area contributed by atoms with Gasteiger partial charge in [-0.3, -0.25) is 4.79 Å². The normalized spacial score (nSPS) is 20.5. The summed E-state index contributed by atoms with van der Waals surface area (Å²) < 4.78 is 14.1. The Balaban J connectivity index is 1.80. The molecule has 1 saturated heterocycles. The predicted molar refractivity (Wildman–Crippen MR) is 95.3 cm³/mol. The number of aliphatic hydroxyl groups excluding tert-OH is 1. The summed E-state index contributed by atoms with van der Waals surface area (Å²) in [4.78, 5) is 17.9. The van der Waals surface area contributed by atoms with Gasteiger partial charge in [-0.05, 0) is 49.9 Å². The van der Waals surface area contributed by atoms with E-state index in [9.17, 15) is 14.3 Å². The highest BCUT2D eigenvalue weighted by Gasteiger charge is 2.36. The van der Waals surface area contributed by atoms with Crippen LogP contribution in [0.15, 0.2) is 42.6 Å². The Kier molecular flexibility index (Phi) is 5.13. The van der Waals surface area contributed by atoms with Crippen molar-refractivity contribution in [2.45, 2.75) is 26.2 Å². The fourth-order valence-electron chi connectivity index (χ4n) is 3.56. The van der Waals surface area contributed by atoms with Gasteiger partial charge in [0.05, 0.1) is 6.61 Å². The maximum Gasteiger partial charge on any atom is 0.161 e. The molecular formula is C20H23FN2O2. The quantitative estimate of drug-likeness (QED) is 0.848. The van der Waals surface area contributed by atoms with Crippen LogP contribution in [0.25, 0.3) is 0 Å². The zero-order valence-electron chi connectivity index (χ0n) is 14.4. The summed E-state index contributed by atoms with van der Waals surface area (Å²) in [7, 11) is 0. The fraction of sp³-hybridized carbons (Fsp3) is 0.400. The standard InChI is InChI=1S/C20H23FN2O2/c1-15(25)17-7-8-19(22-12-17)23-10-4-9-20(13-23,14-24)11-16-5-2-3-6-18(16)21/h2-3,5-8,12,24H,4,9-11,13-14H2,1H3/t20-/m1/s1. The molecule has 1 fully saturated rings. The minimum atomic E-state index is -0.388. The smallest absolute Gasteiger partial charge is 0.161 e. The first-order valence-corrected chi connectivity index (χ1v) is 8.59. The molecule has 0 radical (unpaired) electrons. The zero-order chi connectivity index (χ0) is 17.9. The van der Waals surface area contributed by atoms with Crippen LogP contribution in [0.4, 0.5) is 10.2 Å². The molecule has 0 saturated carbocycles. The number of pyridine rings is 1. The fourth-order valence-corrected chi connectivity index (χ4v) is 3.56. The number of rotatable bonds is 5. The second kappa shape index (κ2) is 7.31. The first-order valence-electron chi connectivity index (χ1n) is 8.59. The molecule has 1 aliphatic heterocycles. The predicted octanol–water partition coefficient (Wildman–Crippen LogP) is 3.24. The van der Waals surface area contributed by atoms with Gasteiger partial charge < -0.3 is 10.0 Å². The van der Waals surface area contributed by atoms with E-state index < -0.39 is 0 Å². The molecule has 2 aromatic rings. The monoisotopic (exact) mass is 342 g/mol. The molecule has 5 heteroatoms. The average molecular weight is 342 g/mol. The third kappa shape index (κ3) is 3.87. The Morgan fingerprint density at radius 2 is 2.12 bits per heavy atom. The van der Waals surface area contributed by atoms with Crippen LogP contribution >= 0.6 is 0 Å². The summed E-state index contributed by atoms with van der Waals surface area (Å²) in [6, 6.07) is 10.4.